The summed E-state index contributed by atoms with van der Waals surface area (Å²) >= 11 is 0. The van der Waals surface area contributed by atoms with Gasteiger partial charge in [-0.25, -0.2) is 0 Å². The van der Waals surface area contributed by atoms with Crippen LogP contribution < -0.4 is 10.2 Å². The van der Waals surface area contributed by atoms with Crippen LogP contribution in [0.5, 0.6) is 5.75 Å². The highest BCUT2D eigenvalue weighted by molar-refractivity contribution is 5.17. The predicted molar refractivity (Wildman–Crippen MR) is 88.1 cm³/mol. The predicted octanol–water partition coefficient (Wildman–Crippen LogP) is 1.22. The van der Waals surface area contributed by atoms with Gasteiger partial charge in [0, 0.05) is 24.7 Å². The van der Waals surface area contributed by atoms with Crippen molar-refractivity contribution in [2.45, 2.75) is 31.8 Å². The Morgan fingerprint density at radius 2 is 2.38 bits per heavy atom. The second-order valence-corrected chi connectivity index (χ2v) is 6.08. The molecule has 0 spiro atoms. The third-order valence-corrected chi connectivity index (χ3v) is 4.37. The number of hydrogen-bond acceptors (Lipinski definition) is 6. The Morgan fingerprint density at radius 3 is 3.12 bits per heavy atom. The number of ether oxygens (including phenoxy) is 1. The number of methoxy groups -OCH3 is 1. The Labute approximate surface area is 140 Å². The molecule has 0 aromatic carbocycles. The Morgan fingerprint density at radius 1 is 1.50 bits per heavy atom. The molecular formula is C17H23N3O4. The van der Waals surface area contributed by atoms with Gasteiger partial charge in [0.05, 0.1) is 32.5 Å². The standard InChI is InChI=1S/C17H23N3O4/c1-23-17-12-24-14(9-16(17)22)11-19-5-2-3-13(10-19)15-4-6-20(18-15)7-8-21/h4,6,9,12-13,21H,2-3,5,7-8,10-11H2,1H3/t13-/m0/s1. The third kappa shape index (κ3) is 3.85. The minimum absolute atomic E-state index is 0.0917. The van der Waals surface area contributed by atoms with Gasteiger partial charge in [-0.1, -0.05) is 0 Å². The fourth-order valence-electron chi connectivity index (χ4n) is 3.15. The van der Waals surface area contributed by atoms with Crippen LogP contribution in [-0.4, -0.2) is 46.6 Å². The van der Waals surface area contributed by atoms with Crippen LogP contribution in [0.15, 0.2) is 33.8 Å². The van der Waals surface area contributed by atoms with Gasteiger partial charge < -0.3 is 14.3 Å². The van der Waals surface area contributed by atoms with Gasteiger partial charge in [0.15, 0.2) is 0 Å². The maximum atomic E-state index is 11.8. The van der Waals surface area contributed by atoms with Crippen LogP contribution >= 0.6 is 0 Å². The van der Waals surface area contributed by atoms with E-state index in [4.69, 9.17) is 14.3 Å². The highest BCUT2D eigenvalue weighted by atomic mass is 16.5. The monoisotopic (exact) mass is 333 g/mol. The van der Waals surface area contributed by atoms with E-state index in [1.54, 1.807) is 4.68 Å². The molecule has 0 saturated carbocycles. The molecule has 1 saturated heterocycles. The zero-order valence-electron chi connectivity index (χ0n) is 13.9. The molecule has 0 amide bonds. The van der Waals surface area contributed by atoms with Crippen molar-refractivity contribution in [2.75, 3.05) is 26.8 Å². The molecule has 1 fully saturated rings. The largest absolute Gasteiger partial charge is 0.490 e. The van der Waals surface area contributed by atoms with Crippen molar-refractivity contribution >= 4 is 0 Å². The maximum absolute atomic E-state index is 11.8. The lowest BCUT2D eigenvalue weighted by Gasteiger charge is -2.31. The molecular weight excluding hydrogens is 310 g/mol. The van der Waals surface area contributed by atoms with Crippen molar-refractivity contribution in [2.24, 2.45) is 0 Å². The summed E-state index contributed by atoms with van der Waals surface area (Å²) in [5.74, 6) is 1.24. The van der Waals surface area contributed by atoms with Gasteiger partial charge in [0.1, 0.15) is 12.0 Å². The molecule has 24 heavy (non-hydrogen) atoms. The molecule has 1 atom stereocenters. The lowest BCUT2D eigenvalue weighted by molar-refractivity contribution is 0.182. The number of nitrogens with zero attached hydrogens (tertiary/aromatic N) is 3. The molecule has 3 rings (SSSR count). The first kappa shape index (κ1) is 16.7. The number of piperidine rings is 1. The number of rotatable bonds is 6. The second kappa shape index (κ2) is 7.63. The van der Waals surface area contributed by atoms with E-state index in [0.717, 1.165) is 31.6 Å². The molecule has 7 nitrogen and oxygen atoms in total. The van der Waals surface area contributed by atoms with E-state index >= 15 is 0 Å². The van der Waals surface area contributed by atoms with Crippen molar-refractivity contribution in [1.29, 1.82) is 0 Å². The van der Waals surface area contributed by atoms with E-state index in [1.165, 1.54) is 19.4 Å². The van der Waals surface area contributed by atoms with E-state index in [-0.39, 0.29) is 17.8 Å². The van der Waals surface area contributed by atoms with Crippen LogP contribution in [0.1, 0.15) is 30.2 Å². The van der Waals surface area contributed by atoms with Gasteiger partial charge in [-0.15, -0.1) is 0 Å². The molecule has 0 aliphatic carbocycles. The van der Waals surface area contributed by atoms with Gasteiger partial charge in [-0.3, -0.25) is 14.4 Å². The van der Waals surface area contributed by atoms with E-state index in [1.807, 2.05) is 12.3 Å². The van der Waals surface area contributed by atoms with Crippen LogP contribution in [-0.2, 0) is 13.1 Å². The lowest BCUT2D eigenvalue weighted by atomic mass is 9.95. The van der Waals surface area contributed by atoms with E-state index in [0.29, 0.717) is 24.8 Å². The number of likely N-dealkylation sites (tertiary alicyclic amines) is 1. The molecule has 2 aromatic rings. The highest BCUT2D eigenvalue weighted by Crippen LogP contribution is 2.26. The highest BCUT2D eigenvalue weighted by Gasteiger charge is 2.23. The normalized spacial score (nSPS) is 18.7. The zero-order chi connectivity index (χ0) is 16.9. The van der Waals surface area contributed by atoms with Crippen LogP contribution in [0.4, 0.5) is 0 Å². The molecule has 1 N–H and O–H groups in total. The molecule has 1 aliphatic rings. The number of aliphatic hydroxyl groups excluding tert-OH is 1. The van der Waals surface area contributed by atoms with Gasteiger partial charge in [0.25, 0.3) is 0 Å². The quantitative estimate of drug-likeness (QED) is 0.856. The molecule has 130 valence electrons. The Balaban J connectivity index is 1.64. The summed E-state index contributed by atoms with van der Waals surface area (Å²) in [6, 6.07) is 3.52. The summed E-state index contributed by atoms with van der Waals surface area (Å²) in [5, 5.41) is 13.5. The first-order valence-corrected chi connectivity index (χ1v) is 8.22. The van der Waals surface area contributed by atoms with Crippen molar-refractivity contribution in [3.8, 4) is 5.75 Å². The van der Waals surface area contributed by atoms with Crippen LogP contribution in [0.2, 0.25) is 0 Å². The fraction of sp³-hybridized carbons (Fsp3) is 0.529. The molecule has 7 heteroatoms. The SMILES string of the molecule is COc1coc(CN2CCC[C@H](c3ccn(CCO)n3)C2)cc1=O. The summed E-state index contributed by atoms with van der Waals surface area (Å²) in [6.45, 7) is 3.07. The van der Waals surface area contributed by atoms with Crippen molar-refractivity contribution in [3.05, 3.63) is 46.3 Å². The number of aromatic nitrogens is 2. The number of hydrogen-bond donors (Lipinski definition) is 1. The topological polar surface area (TPSA) is 80.7 Å². The average Bonchev–Trinajstić information content (AvgIpc) is 3.04. The number of aliphatic hydroxyl groups is 1. The van der Waals surface area contributed by atoms with Gasteiger partial charge in [0.2, 0.25) is 11.2 Å². The van der Waals surface area contributed by atoms with Gasteiger partial charge in [-0.2, -0.15) is 5.10 Å². The first-order valence-electron chi connectivity index (χ1n) is 8.22. The summed E-state index contributed by atoms with van der Waals surface area (Å²) in [7, 11) is 1.46. The zero-order valence-corrected chi connectivity index (χ0v) is 13.9. The second-order valence-electron chi connectivity index (χ2n) is 6.08. The van der Waals surface area contributed by atoms with Crippen molar-refractivity contribution < 1.29 is 14.3 Å². The lowest BCUT2D eigenvalue weighted by Crippen LogP contribution is -2.34. The molecule has 0 bridgehead atoms. The van der Waals surface area contributed by atoms with Gasteiger partial charge >= 0.3 is 0 Å². The Hall–Kier alpha value is -2.12. The first-order chi connectivity index (χ1) is 11.7. The maximum Gasteiger partial charge on any atom is 0.227 e. The van der Waals surface area contributed by atoms with Crippen molar-refractivity contribution in [1.82, 2.24) is 14.7 Å². The molecule has 0 radical (unpaired) electrons. The van der Waals surface area contributed by atoms with E-state index in [9.17, 15) is 4.79 Å². The van der Waals surface area contributed by atoms with Crippen LogP contribution in [0.25, 0.3) is 0 Å². The molecule has 3 heterocycles. The smallest absolute Gasteiger partial charge is 0.227 e. The Bertz CT molecular complexity index is 725. The molecule has 2 aromatic heterocycles. The summed E-state index contributed by atoms with van der Waals surface area (Å²) in [6.07, 6.45) is 5.46. The van der Waals surface area contributed by atoms with Crippen LogP contribution in [0.3, 0.4) is 0 Å². The van der Waals surface area contributed by atoms with Crippen molar-refractivity contribution in [3.63, 3.8) is 0 Å². The minimum atomic E-state index is -0.157. The summed E-state index contributed by atoms with van der Waals surface area (Å²) in [4.78, 5) is 14.1. The summed E-state index contributed by atoms with van der Waals surface area (Å²) < 4.78 is 12.2. The molecule has 0 unspecified atom stereocenters. The average molecular weight is 333 g/mol. The molecule has 1 aliphatic heterocycles. The van der Waals surface area contributed by atoms with E-state index in [2.05, 4.69) is 10.00 Å². The van der Waals surface area contributed by atoms with Crippen LogP contribution in [0, 0.1) is 0 Å². The summed E-state index contributed by atoms with van der Waals surface area (Å²) in [5.41, 5.74) is 0.902. The minimum Gasteiger partial charge on any atom is -0.490 e. The Kier molecular flexibility index (Phi) is 5.32. The third-order valence-electron chi connectivity index (χ3n) is 4.37. The van der Waals surface area contributed by atoms with E-state index < -0.39 is 0 Å². The fourth-order valence-corrected chi connectivity index (χ4v) is 3.15. The van der Waals surface area contributed by atoms with Gasteiger partial charge in [-0.05, 0) is 25.5 Å².